The standard InChI is InChI=1S/C17H20ClFN2/c1-12(20)9-15-16(18)7-4-8-17(15)21(2)11-13-5-3-6-14(19)10-13/h3-8,10,12H,9,11,20H2,1-2H3. The van der Waals surface area contributed by atoms with E-state index >= 15 is 0 Å². The van der Waals surface area contributed by atoms with Gasteiger partial charge in [0, 0.05) is 30.3 Å². The number of anilines is 1. The lowest BCUT2D eigenvalue weighted by atomic mass is 10.0. The fraction of sp³-hybridized carbons (Fsp3) is 0.294. The van der Waals surface area contributed by atoms with Crippen molar-refractivity contribution in [2.24, 2.45) is 5.73 Å². The van der Waals surface area contributed by atoms with Gasteiger partial charge in [0.2, 0.25) is 0 Å². The van der Waals surface area contributed by atoms with Crippen LogP contribution in [0, 0.1) is 5.82 Å². The molecule has 0 aromatic heterocycles. The van der Waals surface area contributed by atoms with E-state index < -0.39 is 0 Å². The Hall–Kier alpha value is -1.58. The molecular formula is C17H20ClFN2. The first-order valence-corrected chi connectivity index (χ1v) is 7.33. The molecule has 2 nitrogen and oxygen atoms in total. The second-order valence-corrected chi connectivity index (χ2v) is 5.81. The minimum Gasteiger partial charge on any atom is -0.370 e. The van der Waals surface area contributed by atoms with Crippen molar-refractivity contribution in [3.63, 3.8) is 0 Å². The summed E-state index contributed by atoms with van der Waals surface area (Å²) in [5, 5.41) is 0.718. The van der Waals surface area contributed by atoms with Crippen LogP contribution in [0.1, 0.15) is 18.1 Å². The number of nitrogens with zero attached hydrogens (tertiary/aromatic N) is 1. The molecule has 4 heteroatoms. The minimum absolute atomic E-state index is 0.0335. The molecule has 0 spiro atoms. The lowest BCUT2D eigenvalue weighted by Crippen LogP contribution is -2.22. The van der Waals surface area contributed by atoms with E-state index in [1.165, 1.54) is 6.07 Å². The third-order valence-corrected chi connectivity index (χ3v) is 3.69. The molecule has 0 aliphatic rings. The van der Waals surface area contributed by atoms with E-state index in [0.717, 1.165) is 21.8 Å². The van der Waals surface area contributed by atoms with Crippen molar-refractivity contribution in [1.29, 1.82) is 0 Å². The van der Waals surface area contributed by atoms with Gasteiger partial charge in [0.05, 0.1) is 0 Å². The Morgan fingerprint density at radius 2 is 1.95 bits per heavy atom. The van der Waals surface area contributed by atoms with Gasteiger partial charge in [0.1, 0.15) is 5.82 Å². The predicted octanol–water partition coefficient (Wildman–Crippen LogP) is 4.01. The zero-order valence-electron chi connectivity index (χ0n) is 12.3. The van der Waals surface area contributed by atoms with Crippen LogP contribution in [-0.4, -0.2) is 13.1 Å². The monoisotopic (exact) mass is 306 g/mol. The molecule has 2 aromatic rings. The molecule has 0 radical (unpaired) electrons. The van der Waals surface area contributed by atoms with E-state index in [2.05, 4.69) is 4.90 Å². The molecule has 2 rings (SSSR count). The van der Waals surface area contributed by atoms with Crippen LogP contribution in [0.2, 0.25) is 5.02 Å². The highest BCUT2D eigenvalue weighted by Crippen LogP contribution is 2.29. The molecule has 1 unspecified atom stereocenters. The summed E-state index contributed by atoms with van der Waals surface area (Å²) in [5.74, 6) is -0.220. The Balaban J connectivity index is 2.26. The molecule has 0 heterocycles. The molecule has 0 aliphatic heterocycles. The van der Waals surface area contributed by atoms with Crippen molar-refractivity contribution in [1.82, 2.24) is 0 Å². The first-order valence-electron chi connectivity index (χ1n) is 6.96. The molecule has 21 heavy (non-hydrogen) atoms. The predicted molar refractivity (Wildman–Crippen MR) is 87.3 cm³/mol. The molecule has 1 atom stereocenters. The van der Waals surface area contributed by atoms with E-state index in [9.17, 15) is 4.39 Å². The largest absolute Gasteiger partial charge is 0.370 e. The summed E-state index contributed by atoms with van der Waals surface area (Å²) in [4.78, 5) is 2.07. The maximum Gasteiger partial charge on any atom is 0.123 e. The van der Waals surface area contributed by atoms with Gasteiger partial charge >= 0.3 is 0 Å². The van der Waals surface area contributed by atoms with E-state index in [-0.39, 0.29) is 11.9 Å². The SMILES string of the molecule is CC(N)Cc1c(Cl)cccc1N(C)Cc1cccc(F)c1. The smallest absolute Gasteiger partial charge is 0.123 e. The van der Waals surface area contributed by atoms with E-state index in [4.69, 9.17) is 17.3 Å². The molecule has 0 saturated carbocycles. The number of rotatable bonds is 5. The van der Waals surface area contributed by atoms with E-state index in [1.807, 2.05) is 38.2 Å². The number of halogens is 2. The number of benzene rings is 2. The average molecular weight is 307 g/mol. The average Bonchev–Trinajstić information content (AvgIpc) is 2.40. The normalized spacial score (nSPS) is 12.2. The van der Waals surface area contributed by atoms with E-state index in [0.29, 0.717) is 13.0 Å². The van der Waals surface area contributed by atoms with Crippen LogP contribution in [0.4, 0.5) is 10.1 Å². The Kier molecular flexibility index (Phi) is 5.21. The van der Waals surface area contributed by atoms with Crippen molar-refractivity contribution in [2.75, 3.05) is 11.9 Å². The van der Waals surface area contributed by atoms with Crippen LogP contribution in [0.25, 0.3) is 0 Å². The summed E-state index contributed by atoms with van der Waals surface area (Å²) in [5.41, 5.74) is 8.90. The minimum atomic E-state index is -0.220. The molecule has 112 valence electrons. The maximum atomic E-state index is 13.3. The second kappa shape index (κ2) is 6.92. The zero-order valence-corrected chi connectivity index (χ0v) is 13.1. The highest BCUT2D eigenvalue weighted by Gasteiger charge is 2.13. The van der Waals surface area contributed by atoms with Gasteiger partial charge in [-0.2, -0.15) is 0 Å². The van der Waals surface area contributed by atoms with Crippen LogP contribution < -0.4 is 10.6 Å². The van der Waals surface area contributed by atoms with Crippen LogP contribution in [0.5, 0.6) is 0 Å². The first-order chi connectivity index (χ1) is 9.97. The summed E-state index contributed by atoms with van der Waals surface area (Å²) >= 11 is 6.30. The number of hydrogen-bond acceptors (Lipinski definition) is 2. The summed E-state index contributed by atoms with van der Waals surface area (Å²) in [6.45, 7) is 2.57. The Morgan fingerprint density at radius 1 is 1.24 bits per heavy atom. The van der Waals surface area contributed by atoms with Gasteiger partial charge in [-0.25, -0.2) is 4.39 Å². The van der Waals surface area contributed by atoms with Crippen molar-refractivity contribution in [2.45, 2.75) is 25.9 Å². The molecular weight excluding hydrogens is 287 g/mol. The van der Waals surface area contributed by atoms with Crippen LogP contribution in [0.15, 0.2) is 42.5 Å². The fourth-order valence-corrected chi connectivity index (χ4v) is 2.67. The third-order valence-electron chi connectivity index (χ3n) is 3.34. The zero-order chi connectivity index (χ0) is 15.4. The van der Waals surface area contributed by atoms with Gasteiger partial charge in [-0.05, 0) is 48.7 Å². The van der Waals surface area contributed by atoms with Crippen LogP contribution in [-0.2, 0) is 13.0 Å². The highest BCUT2D eigenvalue weighted by molar-refractivity contribution is 6.31. The topological polar surface area (TPSA) is 29.3 Å². The maximum absolute atomic E-state index is 13.3. The second-order valence-electron chi connectivity index (χ2n) is 5.40. The van der Waals surface area contributed by atoms with Gasteiger partial charge < -0.3 is 10.6 Å². The number of nitrogens with two attached hydrogens (primary N) is 1. The summed E-state index contributed by atoms with van der Waals surface area (Å²) in [6, 6.07) is 12.5. The first kappa shape index (κ1) is 15.8. The Morgan fingerprint density at radius 3 is 2.62 bits per heavy atom. The van der Waals surface area contributed by atoms with Gasteiger partial charge in [0.25, 0.3) is 0 Å². The van der Waals surface area contributed by atoms with Crippen molar-refractivity contribution in [3.8, 4) is 0 Å². The van der Waals surface area contributed by atoms with Crippen molar-refractivity contribution in [3.05, 3.63) is 64.4 Å². The highest BCUT2D eigenvalue weighted by atomic mass is 35.5. The molecule has 0 amide bonds. The van der Waals surface area contributed by atoms with Gasteiger partial charge in [0.15, 0.2) is 0 Å². The van der Waals surface area contributed by atoms with Crippen molar-refractivity contribution < 1.29 is 4.39 Å². The molecule has 0 bridgehead atoms. The molecule has 2 aromatic carbocycles. The van der Waals surface area contributed by atoms with Gasteiger partial charge in [-0.1, -0.05) is 29.8 Å². The summed E-state index contributed by atoms with van der Waals surface area (Å²) in [6.07, 6.45) is 0.711. The Bertz CT molecular complexity index is 613. The molecule has 0 fully saturated rings. The third kappa shape index (κ3) is 4.19. The van der Waals surface area contributed by atoms with E-state index in [1.54, 1.807) is 12.1 Å². The molecule has 2 N–H and O–H groups in total. The lowest BCUT2D eigenvalue weighted by molar-refractivity contribution is 0.625. The summed E-state index contributed by atoms with van der Waals surface area (Å²) < 4.78 is 13.3. The van der Waals surface area contributed by atoms with Crippen molar-refractivity contribution >= 4 is 17.3 Å². The van der Waals surface area contributed by atoms with Crippen LogP contribution in [0.3, 0.4) is 0 Å². The molecule has 0 aliphatic carbocycles. The lowest BCUT2D eigenvalue weighted by Gasteiger charge is -2.24. The Labute approximate surface area is 130 Å². The quantitative estimate of drug-likeness (QED) is 0.904. The van der Waals surface area contributed by atoms with Gasteiger partial charge in [-0.3, -0.25) is 0 Å². The van der Waals surface area contributed by atoms with Gasteiger partial charge in [-0.15, -0.1) is 0 Å². The number of hydrogen-bond donors (Lipinski definition) is 1. The molecule has 0 saturated heterocycles. The van der Waals surface area contributed by atoms with Crippen LogP contribution >= 0.6 is 11.6 Å². The fourth-order valence-electron chi connectivity index (χ4n) is 2.42. The summed E-state index contributed by atoms with van der Waals surface area (Å²) in [7, 11) is 1.97.